The molecule has 0 aromatic rings. The Kier molecular flexibility index (Phi) is 13.2. The van der Waals surface area contributed by atoms with Crippen molar-refractivity contribution in [3.05, 3.63) is 0 Å². The van der Waals surface area contributed by atoms with E-state index in [0.717, 1.165) is 26.1 Å². The average molecular weight is 344 g/mol. The van der Waals surface area contributed by atoms with Crippen LogP contribution in [0.4, 0.5) is 0 Å². The molecule has 0 rings (SSSR count). The summed E-state index contributed by atoms with van der Waals surface area (Å²) >= 11 is 0. The number of nitrogens with two attached hydrogens (primary N) is 1. The van der Waals surface area contributed by atoms with Gasteiger partial charge in [0.1, 0.15) is 0 Å². The van der Waals surface area contributed by atoms with Gasteiger partial charge in [0, 0.05) is 44.8 Å². The van der Waals surface area contributed by atoms with Gasteiger partial charge in [-0.1, -0.05) is 27.7 Å². The molecule has 0 heterocycles. The number of carbonyl (C=O) groups is 1. The summed E-state index contributed by atoms with van der Waals surface area (Å²) in [6.07, 6.45) is 1.48. The molecule has 0 aromatic heterocycles. The van der Waals surface area contributed by atoms with Crippen LogP contribution in [0.1, 0.15) is 40.5 Å². The van der Waals surface area contributed by atoms with Crippen LogP contribution >= 0.6 is 0 Å². The van der Waals surface area contributed by atoms with Crippen molar-refractivity contribution in [2.75, 3.05) is 32.7 Å². The summed E-state index contributed by atoms with van der Waals surface area (Å²) in [4.78, 5) is 12.3. The standard InChI is InChI=1S/C16H37N7O/c1-12(2)20-10-8-19-9-11-21-15(24)14(23-13(3)4)6-5-7-22-16(17)18/h12-14,19-20,23H,5-11H2,1-4H3,(H,21,24)(H4,17,18,22). The first-order chi connectivity index (χ1) is 11.3. The van der Waals surface area contributed by atoms with Gasteiger partial charge < -0.3 is 32.3 Å². The lowest BCUT2D eigenvalue weighted by atomic mass is 10.1. The molecular formula is C16H37N7O. The first-order valence-electron chi connectivity index (χ1n) is 8.88. The summed E-state index contributed by atoms with van der Waals surface area (Å²) in [7, 11) is 0. The van der Waals surface area contributed by atoms with E-state index in [1.54, 1.807) is 0 Å². The Bertz CT molecular complexity index is 347. The largest absolute Gasteiger partial charge is 0.370 e. The second-order valence-corrected chi connectivity index (χ2v) is 6.51. The van der Waals surface area contributed by atoms with Gasteiger partial charge in [0.25, 0.3) is 0 Å². The molecular weight excluding hydrogens is 306 g/mol. The van der Waals surface area contributed by atoms with Crippen molar-refractivity contribution in [2.45, 2.75) is 58.7 Å². The maximum absolute atomic E-state index is 12.3. The predicted molar refractivity (Wildman–Crippen MR) is 100 cm³/mol. The lowest BCUT2D eigenvalue weighted by molar-refractivity contribution is -0.123. The molecule has 8 nitrogen and oxygen atoms in total. The molecule has 0 bridgehead atoms. The molecule has 1 atom stereocenters. The number of nitrogens with one attached hydrogen (secondary N) is 6. The molecule has 1 unspecified atom stereocenters. The third-order valence-corrected chi connectivity index (χ3v) is 3.29. The van der Waals surface area contributed by atoms with Crippen molar-refractivity contribution in [3.8, 4) is 0 Å². The first kappa shape index (κ1) is 22.6. The van der Waals surface area contributed by atoms with E-state index in [-0.39, 0.29) is 24.0 Å². The number of rotatable bonds is 14. The smallest absolute Gasteiger partial charge is 0.237 e. The molecule has 8 N–H and O–H groups in total. The molecule has 0 saturated carbocycles. The van der Waals surface area contributed by atoms with Gasteiger partial charge in [0.2, 0.25) is 5.91 Å². The van der Waals surface area contributed by atoms with Gasteiger partial charge in [0.15, 0.2) is 5.96 Å². The van der Waals surface area contributed by atoms with Crippen LogP contribution in [0.5, 0.6) is 0 Å². The zero-order chi connectivity index (χ0) is 18.4. The lowest BCUT2D eigenvalue weighted by Gasteiger charge is -2.21. The minimum absolute atomic E-state index is 0.0219. The molecule has 8 heteroatoms. The van der Waals surface area contributed by atoms with Crippen LogP contribution in [0.2, 0.25) is 0 Å². The van der Waals surface area contributed by atoms with E-state index >= 15 is 0 Å². The molecule has 0 aliphatic heterocycles. The highest BCUT2D eigenvalue weighted by Gasteiger charge is 2.18. The average Bonchev–Trinajstić information content (AvgIpc) is 2.48. The molecule has 24 heavy (non-hydrogen) atoms. The van der Waals surface area contributed by atoms with E-state index in [9.17, 15) is 4.79 Å². The van der Waals surface area contributed by atoms with E-state index < -0.39 is 0 Å². The third kappa shape index (κ3) is 14.2. The molecule has 142 valence electrons. The zero-order valence-electron chi connectivity index (χ0n) is 15.7. The van der Waals surface area contributed by atoms with Gasteiger partial charge in [-0.25, -0.2) is 0 Å². The van der Waals surface area contributed by atoms with Gasteiger partial charge in [-0.05, 0) is 12.8 Å². The van der Waals surface area contributed by atoms with Crippen LogP contribution in [-0.2, 0) is 4.79 Å². The summed E-state index contributed by atoms with van der Waals surface area (Å²) in [6.45, 7) is 12.1. The molecule has 0 radical (unpaired) electrons. The number of guanidine groups is 1. The van der Waals surface area contributed by atoms with Gasteiger partial charge in [-0.2, -0.15) is 0 Å². The van der Waals surface area contributed by atoms with E-state index in [1.165, 1.54) is 0 Å². The quantitative estimate of drug-likeness (QED) is 0.127. The molecule has 1 amide bonds. The summed E-state index contributed by atoms with van der Waals surface area (Å²) in [5.74, 6) is -0.0144. The normalized spacial score (nSPS) is 12.4. The maximum Gasteiger partial charge on any atom is 0.237 e. The van der Waals surface area contributed by atoms with Gasteiger partial charge in [-0.3, -0.25) is 10.2 Å². The minimum atomic E-state index is -0.221. The van der Waals surface area contributed by atoms with Gasteiger partial charge >= 0.3 is 0 Å². The second kappa shape index (κ2) is 14.0. The minimum Gasteiger partial charge on any atom is -0.370 e. The van der Waals surface area contributed by atoms with Gasteiger partial charge in [-0.15, -0.1) is 0 Å². The predicted octanol–water partition coefficient (Wildman–Crippen LogP) is -0.680. The van der Waals surface area contributed by atoms with Crippen molar-refractivity contribution in [1.29, 1.82) is 5.41 Å². The molecule has 0 saturated heterocycles. The Morgan fingerprint density at radius 1 is 0.958 bits per heavy atom. The van der Waals surface area contributed by atoms with Crippen LogP contribution in [-0.4, -0.2) is 62.7 Å². The Balaban J connectivity index is 3.92. The Morgan fingerprint density at radius 2 is 1.62 bits per heavy atom. The molecule has 0 aliphatic carbocycles. The van der Waals surface area contributed by atoms with E-state index in [2.05, 4.69) is 40.4 Å². The molecule has 0 aromatic carbocycles. The van der Waals surface area contributed by atoms with E-state index in [0.29, 0.717) is 25.6 Å². The van der Waals surface area contributed by atoms with Crippen molar-refractivity contribution in [1.82, 2.24) is 26.6 Å². The Morgan fingerprint density at radius 3 is 2.21 bits per heavy atom. The fourth-order valence-corrected chi connectivity index (χ4v) is 2.19. The highest BCUT2D eigenvalue weighted by Crippen LogP contribution is 1.99. The summed E-state index contributed by atoms with van der Waals surface area (Å²) in [5, 5.41) is 22.8. The van der Waals surface area contributed by atoms with E-state index in [1.807, 2.05) is 13.8 Å². The van der Waals surface area contributed by atoms with Crippen LogP contribution in [0.3, 0.4) is 0 Å². The Labute approximate surface area is 146 Å². The Hall–Kier alpha value is -1.38. The van der Waals surface area contributed by atoms with Crippen LogP contribution in [0, 0.1) is 5.41 Å². The highest BCUT2D eigenvalue weighted by molar-refractivity contribution is 5.81. The number of hydrogen-bond acceptors (Lipinski definition) is 5. The fourth-order valence-electron chi connectivity index (χ4n) is 2.19. The SMILES string of the molecule is CC(C)NCCNCCNC(=O)C(CCCNC(=N)N)NC(C)C. The molecule has 0 spiro atoms. The van der Waals surface area contributed by atoms with Crippen molar-refractivity contribution in [3.63, 3.8) is 0 Å². The van der Waals surface area contributed by atoms with Crippen molar-refractivity contribution >= 4 is 11.9 Å². The fraction of sp³-hybridized carbons (Fsp3) is 0.875. The van der Waals surface area contributed by atoms with Gasteiger partial charge in [0.05, 0.1) is 6.04 Å². The zero-order valence-corrected chi connectivity index (χ0v) is 15.7. The summed E-state index contributed by atoms with van der Waals surface area (Å²) < 4.78 is 0. The van der Waals surface area contributed by atoms with E-state index in [4.69, 9.17) is 11.1 Å². The van der Waals surface area contributed by atoms with Crippen molar-refractivity contribution in [2.24, 2.45) is 5.73 Å². The van der Waals surface area contributed by atoms with Crippen LogP contribution in [0.25, 0.3) is 0 Å². The first-order valence-corrected chi connectivity index (χ1v) is 8.88. The lowest BCUT2D eigenvalue weighted by Crippen LogP contribution is -2.48. The van der Waals surface area contributed by atoms with Crippen molar-refractivity contribution < 1.29 is 4.79 Å². The molecule has 0 fully saturated rings. The summed E-state index contributed by atoms with van der Waals surface area (Å²) in [5.41, 5.74) is 5.25. The maximum atomic E-state index is 12.3. The number of carbonyl (C=O) groups excluding carboxylic acids is 1. The van der Waals surface area contributed by atoms with Crippen LogP contribution in [0.15, 0.2) is 0 Å². The number of amides is 1. The molecule has 0 aliphatic rings. The second-order valence-electron chi connectivity index (χ2n) is 6.51. The highest BCUT2D eigenvalue weighted by atomic mass is 16.2. The number of hydrogen-bond donors (Lipinski definition) is 7. The van der Waals surface area contributed by atoms with Crippen LogP contribution < -0.4 is 32.3 Å². The third-order valence-electron chi connectivity index (χ3n) is 3.29. The monoisotopic (exact) mass is 343 g/mol. The topological polar surface area (TPSA) is 127 Å². The summed E-state index contributed by atoms with van der Waals surface area (Å²) in [6, 6.07) is 0.509.